The molecular formula is C15H29N3O. The van der Waals surface area contributed by atoms with Gasteiger partial charge in [-0.05, 0) is 32.7 Å². The van der Waals surface area contributed by atoms with E-state index in [1.807, 2.05) is 0 Å². The fourth-order valence-corrected chi connectivity index (χ4v) is 3.68. The van der Waals surface area contributed by atoms with Crippen molar-refractivity contribution in [1.29, 1.82) is 0 Å². The second kappa shape index (κ2) is 6.71. The molecule has 19 heavy (non-hydrogen) atoms. The van der Waals surface area contributed by atoms with Crippen LogP contribution in [0.2, 0.25) is 0 Å². The van der Waals surface area contributed by atoms with Gasteiger partial charge >= 0.3 is 0 Å². The van der Waals surface area contributed by atoms with Crippen molar-refractivity contribution in [3.63, 3.8) is 0 Å². The van der Waals surface area contributed by atoms with E-state index in [4.69, 9.17) is 5.73 Å². The van der Waals surface area contributed by atoms with E-state index in [2.05, 4.69) is 17.3 Å². The fourth-order valence-electron chi connectivity index (χ4n) is 3.68. The highest BCUT2D eigenvalue weighted by Crippen LogP contribution is 2.31. The molecule has 4 heteroatoms. The zero-order valence-electron chi connectivity index (χ0n) is 12.3. The van der Waals surface area contributed by atoms with Crippen LogP contribution >= 0.6 is 0 Å². The first-order valence-corrected chi connectivity index (χ1v) is 7.87. The number of nitrogens with zero attached hydrogens (tertiary/aromatic N) is 1. The number of likely N-dealkylation sites (N-methyl/N-ethyl adjacent to an activating group) is 1. The van der Waals surface area contributed by atoms with Crippen LogP contribution in [0.25, 0.3) is 0 Å². The Labute approximate surface area is 117 Å². The van der Waals surface area contributed by atoms with Crippen molar-refractivity contribution < 1.29 is 4.79 Å². The average molecular weight is 267 g/mol. The minimum absolute atomic E-state index is 0.0608. The van der Waals surface area contributed by atoms with Crippen molar-refractivity contribution in [3.05, 3.63) is 0 Å². The lowest BCUT2D eigenvalue weighted by Gasteiger charge is -2.43. The highest BCUT2D eigenvalue weighted by molar-refractivity contribution is 5.78. The standard InChI is InChI=1S/C15H29N3O/c1-18(15(12-16)9-5-2-6-10-15)11-14(19)17-13-7-3-4-8-13/h13H,2-12,16H2,1H3,(H,17,19). The third kappa shape index (κ3) is 3.69. The lowest BCUT2D eigenvalue weighted by Crippen LogP contribution is -2.56. The van der Waals surface area contributed by atoms with Crippen LogP contribution in [-0.4, -0.2) is 42.5 Å². The summed E-state index contributed by atoms with van der Waals surface area (Å²) in [6.45, 7) is 1.16. The summed E-state index contributed by atoms with van der Waals surface area (Å²) < 4.78 is 0. The Morgan fingerprint density at radius 2 is 1.84 bits per heavy atom. The van der Waals surface area contributed by atoms with E-state index >= 15 is 0 Å². The number of carbonyl (C=O) groups is 1. The Hall–Kier alpha value is -0.610. The van der Waals surface area contributed by atoms with Gasteiger partial charge < -0.3 is 11.1 Å². The summed E-state index contributed by atoms with van der Waals surface area (Å²) in [7, 11) is 2.06. The average Bonchev–Trinajstić information content (AvgIpc) is 2.92. The van der Waals surface area contributed by atoms with Gasteiger partial charge in [0.05, 0.1) is 6.54 Å². The molecule has 3 N–H and O–H groups in total. The molecule has 2 aliphatic carbocycles. The van der Waals surface area contributed by atoms with E-state index < -0.39 is 0 Å². The van der Waals surface area contributed by atoms with Crippen LogP contribution in [0.1, 0.15) is 57.8 Å². The molecule has 2 fully saturated rings. The van der Waals surface area contributed by atoms with E-state index in [0.29, 0.717) is 19.1 Å². The maximum atomic E-state index is 12.1. The van der Waals surface area contributed by atoms with Crippen molar-refractivity contribution in [2.24, 2.45) is 5.73 Å². The molecule has 110 valence electrons. The molecule has 1 amide bonds. The maximum Gasteiger partial charge on any atom is 0.234 e. The fraction of sp³-hybridized carbons (Fsp3) is 0.933. The normalized spacial score (nSPS) is 23.7. The smallest absolute Gasteiger partial charge is 0.234 e. The number of nitrogens with one attached hydrogen (secondary N) is 1. The summed E-state index contributed by atoms with van der Waals surface area (Å²) in [4.78, 5) is 14.3. The minimum Gasteiger partial charge on any atom is -0.352 e. The third-order valence-electron chi connectivity index (χ3n) is 5.08. The number of nitrogens with two attached hydrogens (primary N) is 1. The van der Waals surface area contributed by atoms with E-state index in [1.54, 1.807) is 0 Å². The Bertz CT molecular complexity index is 294. The first-order valence-electron chi connectivity index (χ1n) is 7.87. The van der Waals surface area contributed by atoms with Crippen LogP contribution in [0.15, 0.2) is 0 Å². The molecule has 0 radical (unpaired) electrons. The van der Waals surface area contributed by atoms with Gasteiger partial charge in [-0.2, -0.15) is 0 Å². The SMILES string of the molecule is CN(CC(=O)NC1CCCC1)C1(CN)CCCCC1. The van der Waals surface area contributed by atoms with Crippen LogP contribution in [-0.2, 0) is 4.79 Å². The number of hydrogen-bond acceptors (Lipinski definition) is 3. The predicted molar refractivity (Wildman–Crippen MR) is 77.9 cm³/mol. The molecule has 0 heterocycles. The summed E-state index contributed by atoms with van der Waals surface area (Å²) in [5.74, 6) is 0.174. The van der Waals surface area contributed by atoms with Gasteiger partial charge in [-0.25, -0.2) is 0 Å². The first-order chi connectivity index (χ1) is 9.16. The van der Waals surface area contributed by atoms with Crippen molar-refractivity contribution >= 4 is 5.91 Å². The molecule has 0 spiro atoms. The van der Waals surface area contributed by atoms with Crippen LogP contribution in [0.3, 0.4) is 0 Å². The minimum atomic E-state index is 0.0608. The predicted octanol–water partition coefficient (Wildman–Crippen LogP) is 1.64. The van der Waals surface area contributed by atoms with E-state index in [0.717, 1.165) is 25.7 Å². The zero-order chi connectivity index (χ0) is 13.7. The lowest BCUT2D eigenvalue weighted by molar-refractivity contribution is -0.124. The second-order valence-corrected chi connectivity index (χ2v) is 6.39. The summed E-state index contributed by atoms with van der Waals surface area (Å²) in [5.41, 5.74) is 6.07. The first kappa shape index (κ1) is 14.8. The molecule has 2 saturated carbocycles. The molecule has 2 rings (SSSR count). The van der Waals surface area contributed by atoms with Gasteiger partial charge in [0.25, 0.3) is 0 Å². The number of carbonyl (C=O) groups excluding carboxylic acids is 1. The Kier molecular flexibility index (Phi) is 5.22. The van der Waals surface area contributed by atoms with Crippen molar-refractivity contribution in [1.82, 2.24) is 10.2 Å². The Morgan fingerprint density at radius 3 is 2.42 bits per heavy atom. The van der Waals surface area contributed by atoms with Crippen molar-refractivity contribution in [2.75, 3.05) is 20.1 Å². The van der Waals surface area contributed by atoms with Crippen LogP contribution in [0.4, 0.5) is 0 Å². The summed E-state index contributed by atoms with van der Waals surface area (Å²) >= 11 is 0. The molecule has 0 unspecified atom stereocenters. The lowest BCUT2D eigenvalue weighted by atomic mass is 9.80. The third-order valence-corrected chi connectivity index (χ3v) is 5.08. The molecule has 0 aliphatic heterocycles. The van der Waals surface area contributed by atoms with E-state index in [-0.39, 0.29) is 11.4 Å². The van der Waals surface area contributed by atoms with Crippen LogP contribution in [0.5, 0.6) is 0 Å². The highest BCUT2D eigenvalue weighted by Gasteiger charge is 2.35. The molecule has 0 saturated heterocycles. The Balaban J connectivity index is 1.83. The van der Waals surface area contributed by atoms with Gasteiger partial charge in [0.2, 0.25) is 5.91 Å². The second-order valence-electron chi connectivity index (χ2n) is 6.39. The Morgan fingerprint density at radius 1 is 1.21 bits per heavy atom. The zero-order valence-corrected chi connectivity index (χ0v) is 12.3. The number of amides is 1. The molecule has 2 aliphatic rings. The topological polar surface area (TPSA) is 58.4 Å². The van der Waals surface area contributed by atoms with Gasteiger partial charge in [0, 0.05) is 18.1 Å². The van der Waals surface area contributed by atoms with Gasteiger partial charge in [-0.1, -0.05) is 32.1 Å². The van der Waals surface area contributed by atoms with E-state index in [9.17, 15) is 4.79 Å². The summed E-state index contributed by atoms with van der Waals surface area (Å²) in [5, 5.41) is 3.17. The molecule has 0 aromatic rings. The molecule has 0 aromatic carbocycles. The van der Waals surface area contributed by atoms with Gasteiger partial charge in [-0.3, -0.25) is 9.69 Å². The van der Waals surface area contributed by atoms with Crippen LogP contribution < -0.4 is 11.1 Å². The van der Waals surface area contributed by atoms with Crippen LogP contribution in [0, 0.1) is 0 Å². The van der Waals surface area contributed by atoms with Crippen molar-refractivity contribution in [3.8, 4) is 0 Å². The number of rotatable bonds is 5. The largest absolute Gasteiger partial charge is 0.352 e. The molecular weight excluding hydrogens is 238 g/mol. The van der Waals surface area contributed by atoms with Gasteiger partial charge in [0.1, 0.15) is 0 Å². The van der Waals surface area contributed by atoms with Crippen molar-refractivity contribution in [2.45, 2.75) is 69.4 Å². The summed E-state index contributed by atoms with van der Waals surface area (Å²) in [6, 6.07) is 0.418. The number of hydrogen-bond donors (Lipinski definition) is 2. The van der Waals surface area contributed by atoms with Gasteiger partial charge in [-0.15, -0.1) is 0 Å². The monoisotopic (exact) mass is 267 g/mol. The molecule has 0 aromatic heterocycles. The van der Waals surface area contributed by atoms with E-state index in [1.165, 1.54) is 32.1 Å². The molecule has 0 atom stereocenters. The summed E-state index contributed by atoms with van der Waals surface area (Å²) in [6.07, 6.45) is 10.9. The maximum absolute atomic E-state index is 12.1. The molecule has 0 bridgehead atoms. The quantitative estimate of drug-likeness (QED) is 0.796. The highest BCUT2D eigenvalue weighted by atomic mass is 16.2. The molecule has 4 nitrogen and oxygen atoms in total. The van der Waals surface area contributed by atoms with Gasteiger partial charge in [0.15, 0.2) is 0 Å².